The van der Waals surface area contributed by atoms with Crippen molar-refractivity contribution in [3.63, 3.8) is 0 Å². The van der Waals surface area contributed by atoms with Gasteiger partial charge in [-0.2, -0.15) is 0 Å². The second-order valence-electron chi connectivity index (χ2n) is 6.65. The third-order valence-electron chi connectivity index (χ3n) is 5.56. The summed E-state index contributed by atoms with van der Waals surface area (Å²) in [6.07, 6.45) is 5.76. The molecule has 3 fully saturated rings. The maximum Gasteiger partial charge on any atom is 0.311 e. The van der Waals surface area contributed by atoms with E-state index in [1.807, 2.05) is 11.8 Å². The number of carboxylic acid groups (broad SMARTS) is 1. The van der Waals surface area contributed by atoms with E-state index in [0.717, 1.165) is 38.5 Å². The third kappa shape index (κ3) is 1.44. The first-order valence-corrected chi connectivity index (χ1v) is 7.01. The summed E-state index contributed by atoms with van der Waals surface area (Å²) in [5, 5.41) is 9.51. The molecule has 100 valence electrons. The van der Waals surface area contributed by atoms with Crippen molar-refractivity contribution in [2.45, 2.75) is 45.4 Å². The Morgan fingerprint density at radius 1 is 1.22 bits per heavy atom. The van der Waals surface area contributed by atoms with Crippen molar-refractivity contribution in [3.8, 4) is 0 Å². The largest absolute Gasteiger partial charge is 0.481 e. The summed E-state index contributed by atoms with van der Waals surface area (Å²) in [6, 6.07) is 0. The van der Waals surface area contributed by atoms with Crippen LogP contribution in [0.1, 0.15) is 45.4 Å². The summed E-state index contributed by atoms with van der Waals surface area (Å²) < 4.78 is 0. The van der Waals surface area contributed by atoms with Crippen molar-refractivity contribution >= 4 is 11.9 Å². The predicted octanol–water partition coefficient (Wildman–Crippen LogP) is 1.89. The number of carbonyl (C=O) groups is 2. The number of fused-ring (bicyclic) bond motifs is 1. The SMILES string of the molecule is CC1(C(=O)N2C[C@@H]3CCC[C@@]3(C(=O)O)C2)CCC1. The lowest BCUT2D eigenvalue weighted by atomic mass is 9.69. The van der Waals surface area contributed by atoms with Crippen LogP contribution in [0.25, 0.3) is 0 Å². The predicted molar refractivity (Wildman–Crippen MR) is 65.9 cm³/mol. The number of hydrogen-bond donors (Lipinski definition) is 1. The number of aliphatic carboxylic acids is 1. The molecule has 1 amide bonds. The number of likely N-dealkylation sites (tertiary alicyclic amines) is 1. The van der Waals surface area contributed by atoms with Gasteiger partial charge in [0.2, 0.25) is 5.91 Å². The fourth-order valence-electron chi connectivity index (χ4n) is 4.10. The molecule has 0 bridgehead atoms. The van der Waals surface area contributed by atoms with Crippen LogP contribution in [-0.2, 0) is 9.59 Å². The van der Waals surface area contributed by atoms with Gasteiger partial charge in [0.25, 0.3) is 0 Å². The maximum absolute atomic E-state index is 12.5. The van der Waals surface area contributed by atoms with Gasteiger partial charge in [0.05, 0.1) is 5.41 Å². The smallest absolute Gasteiger partial charge is 0.311 e. The molecule has 0 spiro atoms. The lowest BCUT2D eigenvalue weighted by Gasteiger charge is -2.40. The fourth-order valence-corrected chi connectivity index (χ4v) is 4.10. The molecule has 0 radical (unpaired) electrons. The monoisotopic (exact) mass is 251 g/mol. The van der Waals surface area contributed by atoms with E-state index < -0.39 is 11.4 Å². The molecule has 1 saturated heterocycles. The highest BCUT2D eigenvalue weighted by Gasteiger charge is 2.57. The Labute approximate surface area is 107 Å². The Balaban J connectivity index is 1.78. The van der Waals surface area contributed by atoms with Gasteiger partial charge in [0, 0.05) is 18.5 Å². The van der Waals surface area contributed by atoms with Crippen LogP contribution < -0.4 is 0 Å². The highest BCUT2D eigenvalue weighted by Crippen LogP contribution is 2.51. The average Bonchev–Trinajstić information content (AvgIpc) is 2.81. The average molecular weight is 251 g/mol. The molecule has 2 atom stereocenters. The molecule has 18 heavy (non-hydrogen) atoms. The van der Waals surface area contributed by atoms with Crippen LogP contribution >= 0.6 is 0 Å². The number of amides is 1. The van der Waals surface area contributed by atoms with Gasteiger partial charge >= 0.3 is 5.97 Å². The van der Waals surface area contributed by atoms with Crippen LogP contribution in [0.3, 0.4) is 0 Å². The molecule has 1 heterocycles. The highest BCUT2D eigenvalue weighted by molar-refractivity contribution is 5.85. The lowest BCUT2D eigenvalue weighted by Crippen LogP contribution is -2.46. The molecule has 1 aliphatic heterocycles. The Bertz CT molecular complexity index is 402. The van der Waals surface area contributed by atoms with E-state index >= 15 is 0 Å². The van der Waals surface area contributed by atoms with Crippen molar-refractivity contribution in [3.05, 3.63) is 0 Å². The molecule has 3 rings (SSSR count). The number of nitrogens with zero attached hydrogens (tertiary/aromatic N) is 1. The van der Waals surface area contributed by atoms with Gasteiger partial charge < -0.3 is 10.0 Å². The second-order valence-corrected chi connectivity index (χ2v) is 6.65. The van der Waals surface area contributed by atoms with Crippen molar-refractivity contribution < 1.29 is 14.7 Å². The van der Waals surface area contributed by atoms with Crippen molar-refractivity contribution in [1.29, 1.82) is 0 Å². The normalized spacial score (nSPS) is 37.2. The molecule has 3 aliphatic rings. The molecular weight excluding hydrogens is 230 g/mol. The molecule has 0 aromatic rings. The summed E-state index contributed by atoms with van der Waals surface area (Å²) in [7, 11) is 0. The van der Waals surface area contributed by atoms with Crippen LogP contribution in [-0.4, -0.2) is 35.0 Å². The Morgan fingerprint density at radius 2 is 1.94 bits per heavy atom. The lowest BCUT2D eigenvalue weighted by molar-refractivity contribution is -0.151. The molecule has 0 unspecified atom stereocenters. The molecule has 1 N–H and O–H groups in total. The summed E-state index contributed by atoms with van der Waals surface area (Å²) in [5.41, 5.74) is -0.825. The summed E-state index contributed by atoms with van der Waals surface area (Å²) in [5.74, 6) is -0.314. The van der Waals surface area contributed by atoms with Gasteiger partial charge in [-0.15, -0.1) is 0 Å². The summed E-state index contributed by atoms with van der Waals surface area (Å²) in [6.45, 7) is 3.14. The zero-order valence-electron chi connectivity index (χ0n) is 10.9. The first kappa shape index (κ1) is 12.0. The number of rotatable bonds is 2. The molecule has 0 aromatic carbocycles. The first-order chi connectivity index (χ1) is 8.48. The van der Waals surface area contributed by atoms with Crippen molar-refractivity contribution in [2.24, 2.45) is 16.7 Å². The van der Waals surface area contributed by atoms with E-state index in [2.05, 4.69) is 0 Å². The third-order valence-corrected chi connectivity index (χ3v) is 5.56. The zero-order valence-corrected chi connectivity index (χ0v) is 10.9. The Morgan fingerprint density at radius 3 is 2.44 bits per heavy atom. The van der Waals surface area contributed by atoms with E-state index in [4.69, 9.17) is 0 Å². The molecular formula is C14H21NO3. The molecule has 2 aliphatic carbocycles. The number of hydrogen-bond acceptors (Lipinski definition) is 2. The van der Waals surface area contributed by atoms with Crippen molar-refractivity contribution in [1.82, 2.24) is 4.90 Å². The van der Waals surface area contributed by atoms with Crippen LogP contribution in [0.4, 0.5) is 0 Å². The van der Waals surface area contributed by atoms with Gasteiger partial charge in [-0.25, -0.2) is 0 Å². The standard InChI is InChI=1S/C14H21NO3/c1-13(5-3-6-13)11(16)15-8-10-4-2-7-14(10,9-15)12(17)18/h10H,2-9H2,1H3,(H,17,18)/t10-,14+/m0/s1. The van der Waals surface area contributed by atoms with Gasteiger partial charge in [0.15, 0.2) is 0 Å². The zero-order chi connectivity index (χ0) is 13.0. The van der Waals surface area contributed by atoms with E-state index in [-0.39, 0.29) is 17.2 Å². The Kier molecular flexibility index (Phi) is 2.48. The highest BCUT2D eigenvalue weighted by atomic mass is 16.4. The van der Waals surface area contributed by atoms with Crippen molar-refractivity contribution in [2.75, 3.05) is 13.1 Å². The van der Waals surface area contributed by atoms with Gasteiger partial charge in [-0.05, 0) is 31.6 Å². The Hall–Kier alpha value is -1.06. The molecule has 4 nitrogen and oxygen atoms in total. The van der Waals surface area contributed by atoms with Crippen LogP contribution in [0.2, 0.25) is 0 Å². The van der Waals surface area contributed by atoms with E-state index in [1.165, 1.54) is 0 Å². The fraction of sp³-hybridized carbons (Fsp3) is 0.857. The summed E-state index contributed by atoms with van der Waals surface area (Å²) >= 11 is 0. The molecule has 4 heteroatoms. The molecule has 0 aromatic heterocycles. The van der Waals surface area contributed by atoms with E-state index in [9.17, 15) is 14.7 Å². The summed E-state index contributed by atoms with van der Waals surface area (Å²) in [4.78, 5) is 25.9. The van der Waals surface area contributed by atoms with Crippen LogP contribution in [0, 0.1) is 16.7 Å². The van der Waals surface area contributed by atoms with Crippen LogP contribution in [0.15, 0.2) is 0 Å². The van der Waals surface area contributed by atoms with E-state index in [0.29, 0.717) is 13.1 Å². The van der Waals surface area contributed by atoms with Gasteiger partial charge in [0.1, 0.15) is 0 Å². The minimum Gasteiger partial charge on any atom is -0.481 e. The number of carbonyl (C=O) groups excluding carboxylic acids is 1. The van der Waals surface area contributed by atoms with Gasteiger partial charge in [-0.3, -0.25) is 9.59 Å². The van der Waals surface area contributed by atoms with Gasteiger partial charge in [-0.1, -0.05) is 19.8 Å². The van der Waals surface area contributed by atoms with E-state index in [1.54, 1.807) is 0 Å². The number of carboxylic acids is 1. The maximum atomic E-state index is 12.5. The first-order valence-electron chi connectivity index (χ1n) is 7.01. The molecule has 2 saturated carbocycles. The minimum atomic E-state index is -0.695. The second kappa shape index (κ2) is 3.72. The quantitative estimate of drug-likeness (QED) is 0.815. The van der Waals surface area contributed by atoms with Crippen LogP contribution in [0.5, 0.6) is 0 Å². The minimum absolute atomic E-state index is 0.183. The topological polar surface area (TPSA) is 57.6 Å².